The fraction of sp³-hybridized carbons (Fsp3) is 0.200. The zero-order valence-corrected chi connectivity index (χ0v) is 16.6. The molecule has 29 heavy (non-hydrogen) atoms. The molecule has 0 unspecified atom stereocenters. The van der Waals surface area contributed by atoms with E-state index in [1.54, 1.807) is 6.07 Å². The first-order valence-corrected chi connectivity index (χ1v) is 9.98. The Balaban J connectivity index is 1.78. The van der Waals surface area contributed by atoms with Gasteiger partial charge in [0.25, 0.3) is 0 Å². The van der Waals surface area contributed by atoms with Crippen molar-refractivity contribution in [1.82, 2.24) is 0 Å². The van der Waals surface area contributed by atoms with Gasteiger partial charge in [0, 0.05) is 17.8 Å². The van der Waals surface area contributed by atoms with E-state index in [2.05, 4.69) is 17.6 Å². The molecule has 2 amide bonds. The van der Waals surface area contributed by atoms with Crippen LogP contribution in [0.3, 0.4) is 0 Å². The lowest BCUT2D eigenvalue weighted by atomic mass is 9.90. The first kappa shape index (κ1) is 20.3. The molecule has 0 heterocycles. The van der Waals surface area contributed by atoms with Gasteiger partial charge in [-0.15, -0.1) is 0 Å². The minimum absolute atomic E-state index is 0.0122. The van der Waals surface area contributed by atoms with Gasteiger partial charge in [0.1, 0.15) is 0 Å². The molecule has 0 saturated heterocycles. The number of unbranched alkanes of at least 4 members (excludes halogenated alkanes) is 1. The van der Waals surface area contributed by atoms with Crippen LogP contribution in [0, 0.1) is 0 Å². The van der Waals surface area contributed by atoms with E-state index >= 15 is 0 Å². The standard InChI is InChI=1S/C25H26N2O2/c1-2-3-17-23(28)26-21-15-10-16-22(18-21)27-25(29)24(19-11-6-4-7-12-19)20-13-8-5-9-14-20/h4-16,18,24H,2-3,17H2,1H3,(H,26,28)(H,27,29). The number of benzene rings is 3. The van der Waals surface area contributed by atoms with E-state index in [9.17, 15) is 9.59 Å². The van der Waals surface area contributed by atoms with Crippen molar-refractivity contribution in [2.24, 2.45) is 0 Å². The van der Waals surface area contributed by atoms with E-state index in [-0.39, 0.29) is 11.8 Å². The van der Waals surface area contributed by atoms with Crippen molar-refractivity contribution < 1.29 is 9.59 Å². The summed E-state index contributed by atoms with van der Waals surface area (Å²) in [5.74, 6) is -0.543. The Hall–Kier alpha value is -3.40. The Morgan fingerprint density at radius 2 is 1.31 bits per heavy atom. The van der Waals surface area contributed by atoms with Crippen LogP contribution in [0.4, 0.5) is 11.4 Å². The summed E-state index contributed by atoms with van der Waals surface area (Å²) in [6, 6.07) is 26.7. The Kier molecular flexibility index (Phi) is 7.17. The average molecular weight is 386 g/mol. The maximum Gasteiger partial charge on any atom is 0.236 e. The molecular weight excluding hydrogens is 360 g/mol. The molecule has 0 radical (unpaired) electrons. The number of rotatable bonds is 8. The second-order valence-corrected chi connectivity index (χ2v) is 6.98. The Labute approximate surface area is 172 Å². The second kappa shape index (κ2) is 10.2. The molecule has 148 valence electrons. The monoisotopic (exact) mass is 386 g/mol. The topological polar surface area (TPSA) is 58.2 Å². The largest absolute Gasteiger partial charge is 0.326 e. The van der Waals surface area contributed by atoms with Crippen molar-refractivity contribution in [2.45, 2.75) is 32.1 Å². The lowest BCUT2D eigenvalue weighted by Gasteiger charge is -2.18. The summed E-state index contributed by atoms with van der Waals surface area (Å²) < 4.78 is 0. The van der Waals surface area contributed by atoms with Crippen molar-refractivity contribution in [2.75, 3.05) is 10.6 Å². The summed E-state index contributed by atoms with van der Waals surface area (Å²) in [6.07, 6.45) is 2.33. The smallest absolute Gasteiger partial charge is 0.236 e. The maximum atomic E-state index is 13.2. The van der Waals surface area contributed by atoms with Crippen molar-refractivity contribution in [3.8, 4) is 0 Å². The van der Waals surface area contributed by atoms with Crippen LogP contribution in [0.5, 0.6) is 0 Å². The normalized spacial score (nSPS) is 10.6. The number of amides is 2. The Morgan fingerprint density at radius 3 is 1.86 bits per heavy atom. The molecule has 4 heteroatoms. The van der Waals surface area contributed by atoms with Gasteiger partial charge in [-0.05, 0) is 35.7 Å². The molecule has 0 spiro atoms. The van der Waals surface area contributed by atoms with Crippen LogP contribution in [0.2, 0.25) is 0 Å². The molecule has 0 atom stereocenters. The first-order chi connectivity index (χ1) is 14.2. The van der Waals surface area contributed by atoms with E-state index in [0.717, 1.165) is 24.0 Å². The fourth-order valence-corrected chi connectivity index (χ4v) is 3.24. The average Bonchev–Trinajstić information content (AvgIpc) is 2.74. The number of hydrogen-bond acceptors (Lipinski definition) is 2. The molecule has 0 aliphatic rings. The van der Waals surface area contributed by atoms with Crippen LogP contribution in [-0.2, 0) is 9.59 Å². The van der Waals surface area contributed by atoms with E-state index in [0.29, 0.717) is 17.8 Å². The van der Waals surface area contributed by atoms with Crippen molar-refractivity contribution in [1.29, 1.82) is 0 Å². The summed E-state index contributed by atoms with van der Waals surface area (Å²) in [6.45, 7) is 2.05. The lowest BCUT2D eigenvalue weighted by Crippen LogP contribution is -2.22. The molecule has 3 aromatic rings. The highest BCUT2D eigenvalue weighted by Crippen LogP contribution is 2.27. The molecule has 2 N–H and O–H groups in total. The van der Waals surface area contributed by atoms with Crippen LogP contribution in [0.1, 0.15) is 43.2 Å². The maximum absolute atomic E-state index is 13.2. The Bertz CT molecular complexity index is 900. The van der Waals surface area contributed by atoms with Crippen LogP contribution < -0.4 is 10.6 Å². The first-order valence-electron chi connectivity index (χ1n) is 9.98. The SMILES string of the molecule is CCCCC(=O)Nc1cccc(NC(=O)C(c2ccccc2)c2ccccc2)c1. The van der Waals surface area contributed by atoms with Crippen LogP contribution in [-0.4, -0.2) is 11.8 Å². The van der Waals surface area contributed by atoms with E-state index < -0.39 is 5.92 Å². The van der Waals surface area contributed by atoms with Crippen LogP contribution in [0.15, 0.2) is 84.9 Å². The highest BCUT2D eigenvalue weighted by molar-refractivity contribution is 5.99. The molecule has 0 bridgehead atoms. The zero-order valence-electron chi connectivity index (χ0n) is 16.6. The number of nitrogens with one attached hydrogen (secondary N) is 2. The number of carbonyl (C=O) groups excluding carboxylic acids is 2. The number of anilines is 2. The predicted octanol–water partition coefficient (Wildman–Crippen LogP) is 5.59. The van der Waals surface area contributed by atoms with Crippen molar-refractivity contribution in [3.05, 3.63) is 96.1 Å². The van der Waals surface area contributed by atoms with Gasteiger partial charge >= 0.3 is 0 Å². The predicted molar refractivity (Wildman–Crippen MR) is 118 cm³/mol. The van der Waals surface area contributed by atoms with Crippen LogP contribution in [0.25, 0.3) is 0 Å². The van der Waals surface area contributed by atoms with Gasteiger partial charge in [-0.3, -0.25) is 9.59 Å². The van der Waals surface area contributed by atoms with Gasteiger partial charge in [-0.2, -0.15) is 0 Å². The van der Waals surface area contributed by atoms with Gasteiger partial charge in [0.05, 0.1) is 5.92 Å². The lowest BCUT2D eigenvalue weighted by molar-refractivity contribution is -0.117. The third-order valence-corrected chi connectivity index (χ3v) is 4.70. The summed E-state index contributed by atoms with van der Waals surface area (Å²) in [4.78, 5) is 25.2. The molecule has 0 aromatic heterocycles. The molecule has 3 rings (SSSR count). The molecule has 3 aromatic carbocycles. The third kappa shape index (κ3) is 5.79. The summed E-state index contributed by atoms with van der Waals surface area (Å²) >= 11 is 0. The second-order valence-electron chi connectivity index (χ2n) is 6.98. The fourth-order valence-electron chi connectivity index (χ4n) is 3.24. The molecule has 4 nitrogen and oxygen atoms in total. The molecule has 0 aliphatic heterocycles. The molecule has 0 fully saturated rings. The third-order valence-electron chi connectivity index (χ3n) is 4.70. The van der Waals surface area contributed by atoms with Gasteiger partial charge < -0.3 is 10.6 Å². The van der Waals surface area contributed by atoms with Gasteiger partial charge in [0.15, 0.2) is 0 Å². The highest BCUT2D eigenvalue weighted by atomic mass is 16.2. The summed E-state index contributed by atoms with van der Waals surface area (Å²) in [5.41, 5.74) is 3.19. The van der Waals surface area contributed by atoms with Gasteiger partial charge in [0.2, 0.25) is 11.8 Å². The summed E-state index contributed by atoms with van der Waals surface area (Å²) in [7, 11) is 0. The number of carbonyl (C=O) groups is 2. The molecule has 0 aliphatic carbocycles. The highest BCUT2D eigenvalue weighted by Gasteiger charge is 2.22. The number of hydrogen-bond donors (Lipinski definition) is 2. The quantitative estimate of drug-likeness (QED) is 0.530. The zero-order chi connectivity index (χ0) is 20.5. The van der Waals surface area contributed by atoms with Gasteiger partial charge in [-0.25, -0.2) is 0 Å². The molecule has 0 saturated carbocycles. The molecular formula is C25H26N2O2. The van der Waals surface area contributed by atoms with Gasteiger partial charge in [-0.1, -0.05) is 80.1 Å². The van der Waals surface area contributed by atoms with E-state index in [1.807, 2.05) is 78.9 Å². The minimum Gasteiger partial charge on any atom is -0.326 e. The van der Waals surface area contributed by atoms with E-state index in [1.165, 1.54) is 0 Å². The Morgan fingerprint density at radius 1 is 0.759 bits per heavy atom. The summed E-state index contributed by atoms with van der Waals surface area (Å²) in [5, 5.41) is 5.90. The van der Waals surface area contributed by atoms with Crippen molar-refractivity contribution >= 4 is 23.2 Å². The van der Waals surface area contributed by atoms with E-state index in [4.69, 9.17) is 0 Å². The van der Waals surface area contributed by atoms with Crippen molar-refractivity contribution in [3.63, 3.8) is 0 Å². The minimum atomic E-state index is -0.416. The van der Waals surface area contributed by atoms with Crippen LogP contribution >= 0.6 is 0 Å².